The van der Waals surface area contributed by atoms with Gasteiger partial charge >= 0.3 is 0 Å². The van der Waals surface area contributed by atoms with Crippen LogP contribution in [-0.4, -0.2) is 23.6 Å². The summed E-state index contributed by atoms with van der Waals surface area (Å²) >= 11 is 0. The zero-order chi connectivity index (χ0) is 12.8. The first-order valence-electron chi connectivity index (χ1n) is 6.69. The van der Waals surface area contributed by atoms with Crippen LogP contribution in [0.2, 0.25) is 0 Å². The van der Waals surface area contributed by atoms with Gasteiger partial charge in [0.25, 0.3) is 0 Å². The Hall–Kier alpha value is -1.64. The largest absolute Gasteiger partial charge is 0.296 e. The van der Waals surface area contributed by atoms with Crippen molar-refractivity contribution in [1.29, 1.82) is 0 Å². The highest BCUT2D eigenvalue weighted by atomic mass is 16.1. The molecule has 1 atom stereocenters. The van der Waals surface area contributed by atoms with E-state index in [2.05, 4.69) is 29.2 Å². The van der Waals surface area contributed by atoms with Crippen molar-refractivity contribution in [2.24, 2.45) is 5.10 Å². The van der Waals surface area contributed by atoms with Crippen molar-refractivity contribution in [2.75, 3.05) is 6.54 Å². The van der Waals surface area contributed by atoms with Gasteiger partial charge in [0.1, 0.15) is 5.71 Å². The topological polar surface area (TPSA) is 32.7 Å². The zero-order valence-electron chi connectivity index (χ0n) is 10.9. The van der Waals surface area contributed by atoms with Crippen LogP contribution in [0.5, 0.6) is 0 Å². The number of aldehydes is 1. The van der Waals surface area contributed by atoms with Gasteiger partial charge in [-0.3, -0.25) is 9.80 Å². The summed E-state index contributed by atoms with van der Waals surface area (Å²) < 4.78 is 0. The van der Waals surface area contributed by atoms with Gasteiger partial charge in [-0.25, -0.2) is 0 Å². The third kappa shape index (κ3) is 2.97. The lowest BCUT2D eigenvalue weighted by molar-refractivity contribution is -0.102. The second-order valence-electron chi connectivity index (χ2n) is 4.71. The molecule has 1 heterocycles. The van der Waals surface area contributed by atoms with Gasteiger partial charge in [0.05, 0.1) is 6.04 Å². The number of hydrazone groups is 1. The van der Waals surface area contributed by atoms with Crippen LogP contribution in [0.15, 0.2) is 35.4 Å². The Morgan fingerprint density at radius 2 is 2.11 bits per heavy atom. The van der Waals surface area contributed by atoms with Crippen LogP contribution in [0.1, 0.15) is 44.2 Å². The van der Waals surface area contributed by atoms with Crippen LogP contribution in [-0.2, 0) is 4.79 Å². The molecule has 3 nitrogen and oxygen atoms in total. The number of benzene rings is 1. The van der Waals surface area contributed by atoms with Crippen LogP contribution < -0.4 is 0 Å². The van der Waals surface area contributed by atoms with Crippen molar-refractivity contribution in [3.05, 3.63) is 35.9 Å². The summed E-state index contributed by atoms with van der Waals surface area (Å²) in [5.41, 5.74) is 1.91. The molecular formula is C15H20N2O. The van der Waals surface area contributed by atoms with E-state index in [0.717, 1.165) is 25.7 Å². The van der Waals surface area contributed by atoms with E-state index < -0.39 is 0 Å². The number of nitrogens with zero attached hydrogens (tertiary/aromatic N) is 2. The monoisotopic (exact) mass is 244 g/mol. The molecule has 1 aliphatic rings. The normalized spacial score (nSPS) is 18.8. The Kier molecular flexibility index (Phi) is 4.51. The van der Waals surface area contributed by atoms with Gasteiger partial charge in [0, 0.05) is 13.0 Å². The fraction of sp³-hybridized carbons (Fsp3) is 0.467. The molecule has 96 valence electrons. The van der Waals surface area contributed by atoms with Crippen molar-refractivity contribution >= 4 is 12.0 Å². The van der Waals surface area contributed by atoms with Crippen molar-refractivity contribution in [3.8, 4) is 0 Å². The van der Waals surface area contributed by atoms with Crippen LogP contribution in [0.4, 0.5) is 0 Å². The van der Waals surface area contributed by atoms with Crippen molar-refractivity contribution in [1.82, 2.24) is 5.01 Å². The first-order chi connectivity index (χ1) is 8.85. The fourth-order valence-electron chi connectivity index (χ4n) is 2.35. The summed E-state index contributed by atoms with van der Waals surface area (Å²) in [4.78, 5) is 10.9. The van der Waals surface area contributed by atoms with E-state index >= 15 is 0 Å². The number of rotatable bonds is 6. The van der Waals surface area contributed by atoms with E-state index in [1.165, 1.54) is 18.4 Å². The molecule has 0 N–H and O–H groups in total. The molecule has 1 aliphatic heterocycles. The minimum absolute atomic E-state index is 0.239. The zero-order valence-corrected chi connectivity index (χ0v) is 10.9. The average molecular weight is 244 g/mol. The molecule has 0 aromatic heterocycles. The Bertz CT molecular complexity index is 414. The molecule has 1 aromatic carbocycles. The molecule has 0 spiro atoms. The van der Waals surface area contributed by atoms with E-state index in [-0.39, 0.29) is 6.04 Å². The quantitative estimate of drug-likeness (QED) is 0.568. The summed E-state index contributed by atoms with van der Waals surface area (Å²) in [6.45, 7) is 3.13. The highest BCUT2D eigenvalue weighted by Gasteiger charge is 2.26. The lowest BCUT2D eigenvalue weighted by Crippen LogP contribution is -2.20. The maximum Gasteiger partial charge on any atom is 0.166 e. The highest BCUT2D eigenvalue weighted by molar-refractivity contribution is 6.28. The minimum atomic E-state index is 0.239. The maximum atomic E-state index is 10.9. The van der Waals surface area contributed by atoms with Gasteiger partial charge in [0.2, 0.25) is 0 Å². The smallest absolute Gasteiger partial charge is 0.166 e. The molecule has 0 bridgehead atoms. The number of hydrogen-bond donors (Lipinski definition) is 0. The van der Waals surface area contributed by atoms with Crippen LogP contribution in [0.3, 0.4) is 0 Å². The lowest BCUT2D eigenvalue weighted by Gasteiger charge is -2.23. The third-order valence-corrected chi connectivity index (χ3v) is 3.33. The molecular weight excluding hydrogens is 224 g/mol. The lowest BCUT2D eigenvalue weighted by atomic mass is 10.0. The van der Waals surface area contributed by atoms with E-state index in [4.69, 9.17) is 0 Å². The van der Waals surface area contributed by atoms with Gasteiger partial charge < -0.3 is 0 Å². The molecule has 0 radical (unpaired) electrons. The minimum Gasteiger partial charge on any atom is -0.296 e. The number of carbonyl (C=O) groups is 1. The molecule has 1 aromatic rings. The molecule has 2 rings (SSSR count). The van der Waals surface area contributed by atoms with Crippen molar-refractivity contribution in [3.63, 3.8) is 0 Å². The SMILES string of the molecule is CCCCCN1N=C(C=O)CC1c1ccccc1. The number of unbranched alkanes of at least 4 members (excludes halogenated alkanes) is 2. The average Bonchev–Trinajstić information content (AvgIpc) is 2.83. The summed E-state index contributed by atoms with van der Waals surface area (Å²) in [7, 11) is 0. The van der Waals surface area contributed by atoms with E-state index in [1.807, 2.05) is 18.2 Å². The first-order valence-corrected chi connectivity index (χ1v) is 6.69. The predicted octanol–water partition coefficient (Wildman–Crippen LogP) is 3.18. The Labute approximate surface area is 108 Å². The van der Waals surface area contributed by atoms with Crippen LogP contribution >= 0.6 is 0 Å². The van der Waals surface area contributed by atoms with Gasteiger partial charge in [-0.2, -0.15) is 5.10 Å². The van der Waals surface area contributed by atoms with Crippen LogP contribution in [0.25, 0.3) is 0 Å². The standard InChI is InChI=1S/C15H20N2O/c1-2-3-7-10-17-15(11-14(12-18)16-17)13-8-5-4-6-9-13/h4-6,8-9,12,15H,2-3,7,10-11H2,1H3. The molecule has 0 aliphatic carbocycles. The summed E-state index contributed by atoms with van der Waals surface area (Å²) in [6.07, 6.45) is 5.17. The Morgan fingerprint density at radius 3 is 2.78 bits per heavy atom. The Morgan fingerprint density at radius 1 is 1.33 bits per heavy atom. The van der Waals surface area contributed by atoms with Gasteiger partial charge in [-0.15, -0.1) is 0 Å². The van der Waals surface area contributed by atoms with Crippen molar-refractivity contribution in [2.45, 2.75) is 38.6 Å². The fourth-order valence-corrected chi connectivity index (χ4v) is 2.35. The molecule has 18 heavy (non-hydrogen) atoms. The van der Waals surface area contributed by atoms with Gasteiger partial charge in [-0.05, 0) is 12.0 Å². The molecule has 0 fully saturated rings. The van der Waals surface area contributed by atoms with Gasteiger partial charge in [-0.1, -0.05) is 50.1 Å². The molecule has 0 saturated heterocycles. The second-order valence-corrected chi connectivity index (χ2v) is 4.71. The van der Waals surface area contributed by atoms with Crippen molar-refractivity contribution < 1.29 is 4.79 Å². The Balaban J connectivity index is 2.07. The molecule has 0 saturated carbocycles. The van der Waals surface area contributed by atoms with E-state index in [1.54, 1.807) is 0 Å². The summed E-state index contributed by atoms with van der Waals surface area (Å²) in [5, 5.41) is 6.50. The highest BCUT2D eigenvalue weighted by Crippen LogP contribution is 2.30. The number of hydrogen-bond acceptors (Lipinski definition) is 3. The maximum absolute atomic E-state index is 10.9. The molecule has 1 unspecified atom stereocenters. The summed E-state index contributed by atoms with van der Waals surface area (Å²) in [5.74, 6) is 0. The molecule has 3 heteroatoms. The third-order valence-electron chi connectivity index (χ3n) is 3.33. The number of carbonyl (C=O) groups excluding carboxylic acids is 1. The van der Waals surface area contributed by atoms with Crippen LogP contribution in [0, 0.1) is 0 Å². The predicted molar refractivity (Wildman–Crippen MR) is 73.5 cm³/mol. The molecule has 0 amide bonds. The summed E-state index contributed by atoms with van der Waals surface area (Å²) in [6, 6.07) is 10.6. The van der Waals surface area contributed by atoms with Gasteiger partial charge in [0.15, 0.2) is 6.29 Å². The first kappa shape index (κ1) is 12.8. The van der Waals surface area contributed by atoms with E-state index in [0.29, 0.717) is 5.71 Å². The van der Waals surface area contributed by atoms with E-state index in [9.17, 15) is 4.79 Å². The second kappa shape index (κ2) is 6.34.